The van der Waals surface area contributed by atoms with Gasteiger partial charge in [0.25, 0.3) is 10.0 Å². The number of sulfonamides is 1. The molecule has 2 rings (SSSR count). The van der Waals surface area contributed by atoms with E-state index in [0.717, 1.165) is 11.8 Å². The van der Waals surface area contributed by atoms with Gasteiger partial charge in [-0.2, -0.15) is 18.4 Å². The van der Waals surface area contributed by atoms with E-state index >= 15 is 0 Å². The molecule has 156 valence electrons. The van der Waals surface area contributed by atoms with Gasteiger partial charge in [0.2, 0.25) is 5.75 Å². The summed E-state index contributed by atoms with van der Waals surface area (Å²) in [6.07, 6.45) is 1.13. The van der Waals surface area contributed by atoms with E-state index in [9.17, 15) is 18.5 Å². The second-order valence-electron chi connectivity index (χ2n) is 5.77. The standard InChI is InChI=1S/C18H21N3O7S/c1-5-28-18-14(21(22)23)9-13(10-16(18)27-4)11-19-20-29(24,25)17-8-12(2)6-7-15(17)26-3/h6-11,20H,5H2,1-4H3/b19-11+. The van der Waals surface area contributed by atoms with Crippen LogP contribution in [0, 0.1) is 17.0 Å². The molecule has 0 amide bonds. The number of nitro groups is 1. The first kappa shape index (κ1) is 22.0. The van der Waals surface area contributed by atoms with Crippen LogP contribution in [0.2, 0.25) is 0 Å². The first-order chi connectivity index (χ1) is 13.7. The van der Waals surface area contributed by atoms with Crippen LogP contribution >= 0.6 is 0 Å². The van der Waals surface area contributed by atoms with Gasteiger partial charge >= 0.3 is 5.69 Å². The molecule has 2 aromatic rings. The molecule has 0 spiro atoms. The lowest BCUT2D eigenvalue weighted by Crippen LogP contribution is -2.19. The SMILES string of the molecule is CCOc1c(OC)cc(/C=N/NS(=O)(=O)c2cc(C)ccc2OC)cc1[N+](=O)[O-]. The molecule has 10 nitrogen and oxygen atoms in total. The van der Waals surface area contributed by atoms with Crippen LogP contribution in [0.5, 0.6) is 17.2 Å². The third kappa shape index (κ3) is 5.13. The Morgan fingerprint density at radius 1 is 1.17 bits per heavy atom. The highest BCUT2D eigenvalue weighted by atomic mass is 32.2. The average molecular weight is 423 g/mol. The van der Waals surface area contributed by atoms with Gasteiger partial charge in [0, 0.05) is 11.6 Å². The van der Waals surface area contributed by atoms with Crippen LogP contribution in [0.25, 0.3) is 0 Å². The number of nitrogens with one attached hydrogen (secondary N) is 1. The Kier molecular flexibility index (Phi) is 6.99. The summed E-state index contributed by atoms with van der Waals surface area (Å²) in [5.74, 6) is 0.282. The Labute approximate surface area is 168 Å². The van der Waals surface area contributed by atoms with Gasteiger partial charge in [0.05, 0.1) is 32.0 Å². The summed E-state index contributed by atoms with van der Waals surface area (Å²) in [7, 11) is -1.32. The largest absolute Gasteiger partial charge is 0.495 e. The molecule has 0 aliphatic heterocycles. The molecule has 0 bridgehead atoms. The van der Waals surface area contributed by atoms with Crippen molar-refractivity contribution in [2.24, 2.45) is 5.10 Å². The third-order valence-electron chi connectivity index (χ3n) is 3.76. The molecule has 0 aromatic heterocycles. The Balaban J connectivity index is 2.36. The van der Waals surface area contributed by atoms with Crippen molar-refractivity contribution in [2.45, 2.75) is 18.7 Å². The normalized spacial score (nSPS) is 11.3. The maximum atomic E-state index is 12.5. The monoisotopic (exact) mass is 423 g/mol. The number of nitrogens with zero attached hydrogens (tertiary/aromatic N) is 2. The number of ether oxygens (including phenoxy) is 3. The van der Waals surface area contributed by atoms with E-state index in [2.05, 4.69) is 9.93 Å². The van der Waals surface area contributed by atoms with Gasteiger partial charge in [-0.15, -0.1) is 0 Å². The molecular formula is C18H21N3O7S. The van der Waals surface area contributed by atoms with Crippen LogP contribution < -0.4 is 19.0 Å². The van der Waals surface area contributed by atoms with E-state index in [1.807, 2.05) is 0 Å². The quantitative estimate of drug-likeness (QED) is 0.373. The van der Waals surface area contributed by atoms with Crippen LogP contribution in [-0.4, -0.2) is 40.4 Å². The van der Waals surface area contributed by atoms with Gasteiger partial charge in [0.1, 0.15) is 10.6 Å². The van der Waals surface area contributed by atoms with E-state index in [1.165, 1.54) is 38.5 Å². The van der Waals surface area contributed by atoms with Crippen LogP contribution in [0.3, 0.4) is 0 Å². The zero-order valence-corrected chi connectivity index (χ0v) is 17.1. The minimum Gasteiger partial charge on any atom is -0.495 e. The van der Waals surface area contributed by atoms with Gasteiger partial charge in [-0.3, -0.25) is 10.1 Å². The fourth-order valence-electron chi connectivity index (χ4n) is 2.47. The number of nitro benzene ring substituents is 1. The molecule has 0 aliphatic carbocycles. The highest BCUT2D eigenvalue weighted by Gasteiger charge is 2.22. The molecule has 0 saturated carbocycles. The maximum Gasteiger partial charge on any atom is 0.315 e. The molecule has 0 atom stereocenters. The van der Waals surface area contributed by atoms with Gasteiger partial charge in [-0.05, 0) is 37.6 Å². The number of rotatable bonds is 9. The molecule has 0 fully saturated rings. The number of benzene rings is 2. The van der Waals surface area contributed by atoms with Gasteiger partial charge in [-0.25, -0.2) is 0 Å². The number of hydrogen-bond donors (Lipinski definition) is 1. The predicted octanol–water partition coefficient (Wildman–Crippen LogP) is 2.63. The minimum absolute atomic E-state index is 0.0118. The molecule has 2 aromatic carbocycles. The zero-order valence-electron chi connectivity index (χ0n) is 16.3. The van der Waals surface area contributed by atoms with E-state index in [4.69, 9.17) is 14.2 Å². The van der Waals surface area contributed by atoms with Crippen molar-refractivity contribution in [2.75, 3.05) is 20.8 Å². The number of aryl methyl sites for hydroxylation is 1. The number of methoxy groups -OCH3 is 2. The van der Waals surface area contributed by atoms with Crippen LogP contribution in [0.15, 0.2) is 40.3 Å². The third-order valence-corrected chi connectivity index (χ3v) is 5.00. The van der Waals surface area contributed by atoms with Crippen LogP contribution in [0.4, 0.5) is 5.69 Å². The van der Waals surface area contributed by atoms with Gasteiger partial charge in [0.15, 0.2) is 5.75 Å². The van der Waals surface area contributed by atoms with E-state index < -0.39 is 14.9 Å². The maximum absolute atomic E-state index is 12.5. The van der Waals surface area contributed by atoms with Crippen molar-refractivity contribution in [3.8, 4) is 17.2 Å². The smallest absolute Gasteiger partial charge is 0.315 e. The predicted molar refractivity (Wildman–Crippen MR) is 106 cm³/mol. The zero-order chi connectivity index (χ0) is 21.6. The first-order valence-corrected chi connectivity index (χ1v) is 9.90. The molecule has 0 radical (unpaired) electrons. The van der Waals surface area contributed by atoms with Crippen molar-refractivity contribution in [3.05, 3.63) is 51.6 Å². The topological polar surface area (TPSA) is 129 Å². The molecule has 1 N–H and O–H groups in total. The molecule has 0 aliphatic rings. The van der Waals surface area contributed by atoms with Crippen molar-refractivity contribution < 1.29 is 27.6 Å². The number of hydrogen-bond acceptors (Lipinski definition) is 8. The molecule has 29 heavy (non-hydrogen) atoms. The molecule has 0 heterocycles. The highest BCUT2D eigenvalue weighted by Crippen LogP contribution is 2.38. The summed E-state index contributed by atoms with van der Waals surface area (Å²) in [5.41, 5.74) is 0.647. The van der Waals surface area contributed by atoms with E-state index in [1.54, 1.807) is 19.9 Å². The van der Waals surface area contributed by atoms with Crippen molar-refractivity contribution in [3.63, 3.8) is 0 Å². The second-order valence-corrected chi connectivity index (χ2v) is 7.40. The number of hydrazone groups is 1. The lowest BCUT2D eigenvalue weighted by atomic mass is 10.2. The fraction of sp³-hybridized carbons (Fsp3) is 0.278. The first-order valence-electron chi connectivity index (χ1n) is 8.42. The van der Waals surface area contributed by atoms with Crippen molar-refractivity contribution >= 4 is 21.9 Å². The fourth-order valence-corrected chi connectivity index (χ4v) is 3.52. The summed E-state index contributed by atoms with van der Waals surface area (Å²) < 4.78 is 40.6. The highest BCUT2D eigenvalue weighted by molar-refractivity contribution is 7.89. The molecule has 11 heteroatoms. The second kappa shape index (κ2) is 9.24. The van der Waals surface area contributed by atoms with E-state index in [-0.39, 0.29) is 40.0 Å². The lowest BCUT2D eigenvalue weighted by molar-refractivity contribution is -0.385. The Morgan fingerprint density at radius 3 is 2.45 bits per heavy atom. The minimum atomic E-state index is -4.02. The average Bonchev–Trinajstić information content (AvgIpc) is 2.68. The van der Waals surface area contributed by atoms with Crippen molar-refractivity contribution in [1.82, 2.24) is 4.83 Å². The lowest BCUT2D eigenvalue weighted by Gasteiger charge is -2.11. The summed E-state index contributed by atoms with van der Waals surface area (Å²) in [6, 6.07) is 7.35. The summed E-state index contributed by atoms with van der Waals surface area (Å²) >= 11 is 0. The Morgan fingerprint density at radius 2 is 1.86 bits per heavy atom. The van der Waals surface area contributed by atoms with Gasteiger partial charge < -0.3 is 14.2 Å². The summed E-state index contributed by atoms with van der Waals surface area (Å²) in [5, 5.41) is 15.0. The summed E-state index contributed by atoms with van der Waals surface area (Å²) in [4.78, 5) is 12.7. The van der Waals surface area contributed by atoms with Crippen molar-refractivity contribution in [1.29, 1.82) is 0 Å². The molecule has 0 unspecified atom stereocenters. The van der Waals surface area contributed by atoms with Gasteiger partial charge in [-0.1, -0.05) is 6.07 Å². The summed E-state index contributed by atoms with van der Waals surface area (Å²) in [6.45, 7) is 3.64. The molecular weight excluding hydrogens is 402 g/mol. The van der Waals surface area contributed by atoms with Crippen LogP contribution in [0.1, 0.15) is 18.1 Å². The Bertz CT molecular complexity index is 1040. The Hall–Kier alpha value is -3.34. The molecule has 0 saturated heterocycles. The van der Waals surface area contributed by atoms with Crippen LogP contribution in [-0.2, 0) is 10.0 Å². The van der Waals surface area contributed by atoms with E-state index in [0.29, 0.717) is 0 Å².